The average Bonchev–Trinajstić information content (AvgIpc) is 3.09. The zero-order chi connectivity index (χ0) is 34.2. The van der Waals surface area contributed by atoms with Gasteiger partial charge in [0.05, 0.1) is 26.1 Å². The van der Waals surface area contributed by atoms with Crippen molar-refractivity contribution in [3.8, 4) is 0 Å². The van der Waals surface area contributed by atoms with Crippen molar-refractivity contribution in [3.63, 3.8) is 0 Å². The van der Waals surface area contributed by atoms with E-state index in [1.54, 1.807) is 85.2 Å². The number of nitrogens with two attached hydrogens (primary N) is 2. The lowest BCUT2D eigenvalue weighted by Crippen LogP contribution is -1.88. The summed E-state index contributed by atoms with van der Waals surface area (Å²) in [5, 5.41) is 31.4. The number of nitro benzene ring substituents is 3. The first-order valence-electron chi connectivity index (χ1n) is 13.5. The van der Waals surface area contributed by atoms with E-state index in [0.29, 0.717) is 23.2 Å². The fourth-order valence-electron chi connectivity index (χ4n) is 3.46. The van der Waals surface area contributed by atoms with Crippen molar-refractivity contribution in [2.45, 2.75) is 0 Å². The van der Waals surface area contributed by atoms with Gasteiger partial charge >= 0.3 is 0 Å². The van der Waals surface area contributed by atoms with Crippen LogP contribution in [-0.2, 0) is 0 Å². The van der Waals surface area contributed by atoms with Crippen LogP contribution in [0.3, 0.4) is 0 Å². The highest BCUT2D eigenvalue weighted by atomic mass is 16.6. The van der Waals surface area contributed by atoms with Gasteiger partial charge in [0.2, 0.25) is 0 Å². The molecule has 0 heterocycles. The quantitative estimate of drug-likeness (QED) is 0.0566. The summed E-state index contributed by atoms with van der Waals surface area (Å²) in [6.45, 7) is 0. The number of carbonyl (C=O) groups excluding carboxylic acids is 1. The summed E-state index contributed by atoms with van der Waals surface area (Å²) in [7, 11) is 0. The lowest BCUT2D eigenvalue weighted by Gasteiger charge is -1.97. The summed E-state index contributed by atoms with van der Waals surface area (Å²) in [4.78, 5) is 48.8. The second kappa shape index (κ2) is 18.6. The standard InChI is InChI=1S/C20H14N4O4.C7H5NO3.C6H8N2.H2O/c25-23(26)19-9-1-15(2-10-19)13-21-17-5-7-18(8-6-17)22-14-16-3-11-20(12-4-16)24(27)28;9-5-6-1-3-7(4-2-6)8(10)11;7-5-1-2-6(8)4-3-5;/h1-14H;1-5H;1-4H,7-8H2;1H2/p-1. The van der Waals surface area contributed by atoms with Crippen molar-refractivity contribution < 1.29 is 25.0 Å². The number of aldehydes is 1. The minimum absolute atomic E-state index is 0. The van der Waals surface area contributed by atoms with Gasteiger partial charge in [-0.2, -0.15) is 0 Å². The van der Waals surface area contributed by atoms with Crippen LogP contribution in [0.25, 0.3) is 0 Å². The van der Waals surface area contributed by atoms with Crippen molar-refractivity contribution in [1.82, 2.24) is 0 Å². The van der Waals surface area contributed by atoms with Crippen LogP contribution in [-0.4, -0.2) is 39.0 Å². The molecule has 0 bridgehead atoms. The molecular weight excluding hydrogens is 622 g/mol. The molecule has 5 aromatic carbocycles. The third-order valence-corrected chi connectivity index (χ3v) is 5.96. The number of hydrogen-bond acceptors (Lipinski definition) is 12. The smallest absolute Gasteiger partial charge is 0.269 e. The molecule has 0 amide bonds. The SMILES string of the molecule is Nc1ccc(N)cc1.O=Cc1ccc([N+](=O)[O-])cc1.O=[N+]([O-])c1ccc(C=Nc2ccc(N=Cc3ccc([N+](=O)[O-])cc3)cc2)cc1.[OH-]. The molecule has 0 aliphatic rings. The zero-order valence-electron chi connectivity index (χ0n) is 25.0. The van der Waals surface area contributed by atoms with Crippen LogP contribution in [0.5, 0.6) is 0 Å². The molecule has 0 radical (unpaired) electrons. The Balaban J connectivity index is 0.000000326. The monoisotopic (exact) mass is 650 g/mol. The second-order valence-corrected chi connectivity index (χ2v) is 9.36. The molecule has 244 valence electrons. The Labute approximate surface area is 273 Å². The van der Waals surface area contributed by atoms with E-state index >= 15 is 0 Å². The third-order valence-electron chi connectivity index (χ3n) is 5.96. The van der Waals surface area contributed by atoms with Gasteiger partial charge in [-0.15, -0.1) is 0 Å². The van der Waals surface area contributed by atoms with Crippen LogP contribution in [0.2, 0.25) is 0 Å². The maximum absolute atomic E-state index is 10.6. The van der Waals surface area contributed by atoms with E-state index in [4.69, 9.17) is 11.5 Å². The van der Waals surface area contributed by atoms with E-state index in [9.17, 15) is 35.1 Å². The molecule has 15 nitrogen and oxygen atoms in total. The molecule has 0 unspecified atom stereocenters. The maximum Gasteiger partial charge on any atom is 0.269 e. The Morgan fingerprint density at radius 2 is 0.729 bits per heavy atom. The number of nitro groups is 3. The van der Waals surface area contributed by atoms with Crippen molar-refractivity contribution in [2.24, 2.45) is 9.98 Å². The zero-order valence-corrected chi connectivity index (χ0v) is 25.0. The van der Waals surface area contributed by atoms with Crippen molar-refractivity contribution in [3.05, 3.63) is 168 Å². The lowest BCUT2D eigenvalue weighted by molar-refractivity contribution is -0.385. The van der Waals surface area contributed by atoms with Crippen molar-refractivity contribution in [2.75, 3.05) is 11.5 Å². The molecule has 15 heteroatoms. The number of nitrogens with zero attached hydrogens (tertiary/aromatic N) is 5. The van der Waals surface area contributed by atoms with Crippen LogP contribution < -0.4 is 11.5 Å². The molecule has 5 rings (SSSR count). The molecule has 0 atom stereocenters. The minimum atomic E-state index is -0.505. The van der Waals surface area contributed by atoms with E-state index < -0.39 is 14.8 Å². The molecule has 0 fully saturated rings. The van der Waals surface area contributed by atoms with Gasteiger partial charge in [0.25, 0.3) is 17.1 Å². The Kier molecular flexibility index (Phi) is 14.4. The number of carbonyl (C=O) groups is 1. The first-order valence-corrected chi connectivity index (χ1v) is 13.5. The molecule has 48 heavy (non-hydrogen) atoms. The highest BCUT2D eigenvalue weighted by Crippen LogP contribution is 2.20. The highest BCUT2D eigenvalue weighted by molar-refractivity contribution is 5.83. The number of rotatable bonds is 8. The van der Waals surface area contributed by atoms with E-state index in [0.717, 1.165) is 22.5 Å². The number of aliphatic imine (C=N–C) groups is 2. The van der Waals surface area contributed by atoms with Crippen molar-refractivity contribution >= 4 is 58.5 Å². The molecular formula is C33H28N7O8-. The number of hydrogen-bond donors (Lipinski definition) is 2. The predicted molar refractivity (Wildman–Crippen MR) is 183 cm³/mol. The number of benzene rings is 5. The number of non-ortho nitro benzene ring substituents is 3. The summed E-state index contributed by atoms with van der Waals surface area (Å²) in [6, 6.07) is 31.9. The largest absolute Gasteiger partial charge is 0.870 e. The molecule has 5 aromatic rings. The van der Waals surface area contributed by atoms with Gasteiger partial charge < -0.3 is 16.9 Å². The van der Waals surface area contributed by atoms with Gasteiger partial charge in [-0.3, -0.25) is 45.1 Å². The number of nitrogen functional groups attached to an aromatic ring is 2. The van der Waals surface area contributed by atoms with Crippen LogP contribution in [0, 0.1) is 30.3 Å². The molecule has 0 aliphatic carbocycles. The molecule has 0 saturated carbocycles. The fourth-order valence-corrected chi connectivity index (χ4v) is 3.46. The average molecular weight is 651 g/mol. The van der Waals surface area contributed by atoms with Crippen LogP contribution in [0.4, 0.5) is 39.8 Å². The van der Waals surface area contributed by atoms with E-state index in [-0.39, 0.29) is 22.5 Å². The van der Waals surface area contributed by atoms with Crippen molar-refractivity contribution in [1.29, 1.82) is 0 Å². The lowest BCUT2D eigenvalue weighted by atomic mass is 10.2. The Hall–Kier alpha value is -7.13. The summed E-state index contributed by atoms with van der Waals surface area (Å²) in [6.07, 6.45) is 3.89. The topological polar surface area (TPSA) is 253 Å². The predicted octanol–water partition coefficient (Wildman–Crippen LogP) is 7.09. The van der Waals surface area contributed by atoms with Crippen LogP contribution in [0.15, 0.2) is 131 Å². The van der Waals surface area contributed by atoms with E-state index in [1.807, 2.05) is 0 Å². The van der Waals surface area contributed by atoms with Gasteiger partial charge in [0.1, 0.15) is 6.29 Å². The summed E-state index contributed by atoms with van der Waals surface area (Å²) in [5.74, 6) is 0. The summed E-state index contributed by atoms with van der Waals surface area (Å²) in [5.41, 5.74) is 15.7. The summed E-state index contributed by atoms with van der Waals surface area (Å²) < 4.78 is 0. The van der Waals surface area contributed by atoms with Gasteiger partial charge in [0.15, 0.2) is 0 Å². The normalized spacial score (nSPS) is 10.1. The van der Waals surface area contributed by atoms with E-state index in [1.165, 1.54) is 48.5 Å². The second-order valence-electron chi connectivity index (χ2n) is 9.36. The molecule has 0 spiro atoms. The first-order chi connectivity index (χ1) is 22.5. The Bertz CT molecular complexity index is 1750. The maximum atomic E-state index is 10.6. The Morgan fingerprint density at radius 1 is 0.458 bits per heavy atom. The van der Waals surface area contributed by atoms with Gasteiger partial charge in [0, 0.05) is 65.8 Å². The van der Waals surface area contributed by atoms with Gasteiger partial charge in [-0.05, 0) is 96.1 Å². The first kappa shape index (κ1) is 37.1. The molecule has 0 aliphatic heterocycles. The van der Waals surface area contributed by atoms with Crippen LogP contribution >= 0.6 is 0 Å². The van der Waals surface area contributed by atoms with Gasteiger partial charge in [-0.25, -0.2) is 0 Å². The minimum Gasteiger partial charge on any atom is -0.870 e. The molecule has 0 saturated heterocycles. The third kappa shape index (κ3) is 12.5. The fraction of sp³-hybridized carbons (Fsp3) is 0. The molecule has 0 aromatic heterocycles. The Morgan fingerprint density at radius 3 is 0.979 bits per heavy atom. The summed E-state index contributed by atoms with van der Waals surface area (Å²) >= 11 is 0. The number of anilines is 2. The van der Waals surface area contributed by atoms with Crippen LogP contribution in [0.1, 0.15) is 21.5 Å². The highest BCUT2D eigenvalue weighted by Gasteiger charge is 2.04. The van der Waals surface area contributed by atoms with Gasteiger partial charge in [-0.1, -0.05) is 0 Å². The molecule has 5 N–H and O–H groups in total. The van der Waals surface area contributed by atoms with E-state index in [2.05, 4.69) is 9.98 Å².